The van der Waals surface area contributed by atoms with Crippen LogP contribution in [0.25, 0.3) is 0 Å². The van der Waals surface area contributed by atoms with Gasteiger partial charge in [-0.25, -0.2) is 0 Å². The summed E-state index contributed by atoms with van der Waals surface area (Å²) in [6, 6.07) is 0. The summed E-state index contributed by atoms with van der Waals surface area (Å²) in [5.41, 5.74) is 0. The van der Waals surface area contributed by atoms with Crippen LogP contribution in [-0.4, -0.2) is 32.3 Å². The van der Waals surface area contributed by atoms with Gasteiger partial charge in [0, 0.05) is 0 Å². The largest absolute Gasteiger partial charge is 0.313 e. The molecule has 0 bridgehead atoms. The Labute approximate surface area is 47.1 Å². The molecule has 0 rings (SSSR count). The zero-order valence-corrected chi connectivity index (χ0v) is 5.15. The fourth-order valence-electron chi connectivity index (χ4n) is 0.482. The number of rotatable bonds is 3. The maximum absolute atomic E-state index is 5.32. The summed E-state index contributed by atoms with van der Waals surface area (Å²) >= 11 is 0. The van der Waals surface area contributed by atoms with Crippen LogP contribution >= 0.6 is 0 Å². The third kappa shape index (κ3) is 2.69. The second-order valence-corrected chi connectivity index (χ2v) is 1.49. The fourth-order valence-corrected chi connectivity index (χ4v) is 0.482. The lowest BCUT2D eigenvalue weighted by Crippen LogP contribution is -2.23. The molecule has 0 N–H and O–H groups in total. The summed E-state index contributed by atoms with van der Waals surface area (Å²) < 4.78 is 0. The molecule has 0 spiro atoms. The average molecular weight is 97.0 g/mol. The molecule has 0 fully saturated rings. The Morgan fingerprint density at radius 3 is 1.71 bits per heavy atom. The van der Waals surface area contributed by atoms with Gasteiger partial charge in [-0.3, -0.25) is 0 Å². The first-order valence-electron chi connectivity index (χ1n) is 2.77. The van der Waals surface area contributed by atoms with Crippen LogP contribution in [0.5, 0.6) is 0 Å². The third-order valence-corrected chi connectivity index (χ3v) is 1.15. The topological polar surface area (TPSA) is 3.24 Å². The Kier molecular flexibility index (Phi) is 4.21. The van der Waals surface area contributed by atoms with Crippen LogP contribution in [0.2, 0.25) is 0 Å². The maximum atomic E-state index is 5.32. The second kappa shape index (κ2) is 4.19. The van der Waals surface area contributed by atoms with E-state index < -0.39 is 0 Å². The summed E-state index contributed by atoms with van der Waals surface area (Å²) in [5, 5.41) is 0. The van der Waals surface area contributed by atoms with Crippen molar-refractivity contribution in [1.29, 1.82) is 0 Å². The summed E-state index contributed by atoms with van der Waals surface area (Å²) in [6.45, 7) is 6.34. The van der Waals surface area contributed by atoms with Gasteiger partial charge < -0.3 is 4.90 Å². The van der Waals surface area contributed by atoms with Crippen LogP contribution in [0.3, 0.4) is 0 Å². The predicted octanol–water partition coefficient (Wildman–Crippen LogP) is 0.454. The maximum Gasteiger partial charge on any atom is 0.0863 e. The van der Waals surface area contributed by atoms with Crippen LogP contribution < -0.4 is 0 Å². The van der Waals surface area contributed by atoms with E-state index in [9.17, 15) is 0 Å². The molecule has 0 aromatic rings. The monoisotopic (exact) mass is 97.1 g/mol. The molecule has 0 aromatic carbocycles. The van der Waals surface area contributed by atoms with Gasteiger partial charge in [0.2, 0.25) is 0 Å². The summed E-state index contributed by atoms with van der Waals surface area (Å²) in [4.78, 5) is 2.15. The molecule has 0 aliphatic carbocycles. The van der Waals surface area contributed by atoms with Crippen LogP contribution in [-0.2, 0) is 0 Å². The minimum absolute atomic E-state index is 0.688. The normalized spacial score (nSPS) is 10.1. The van der Waals surface area contributed by atoms with Crippen molar-refractivity contribution in [2.75, 3.05) is 19.5 Å². The smallest absolute Gasteiger partial charge is 0.0863 e. The Balaban J connectivity index is 2.99. The van der Waals surface area contributed by atoms with Gasteiger partial charge >= 0.3 is 0 Å². The van der Waals surface area contributed by atoms with Crippen molar-refractivity contribution < 1.29 is 0 Å². The molecule has 7 heavy (non-hydrogen) atoms. The first kappa shape index (κ1) is 7.02. The fraction of sp³-hybridized carbons (Fsp3) is 1.00. The van der Waals surface area contributed by atoms with Crippen molar-refractivity contribution in [1.82, 2.24) is 4.90 Å². The predicted molar refractivity (Wildman–Crippen MR) is 33.5 cm³/mol. The van der Waals surface area contributed by atoms with Gasteiger partial charge in [-0.05, 0) is 19.5 Å². The molecule has 0 saturated heterocycles. The van der Waals surface area contributed by atoms with Gasteiger partial charge in [-0.2, -0.15) is 0 Å². The summed E-state index contributed by atoms with van der Waals surface area (Å²) in [5.74, 6) is 0. The van der Waals surface area contributed by atoms with E-state index in [1.807, 2.05) is 0 Å². The first-order chi connectivity index (χ1) is 3.35. The molecule has 2 heteroatoms. The van der Waals surface area contributed by atoms with Crippen molar-refractivity contribution in [2.45, 2.75) is 13.8 Å². The van der Waals surface area contributed by atoms with Gasteiger partial charge in [0.1, 0.15) is 0 Å². The van der Waals surface area contributed by atoms with E-state index in [2.05, 4.69) is 18.7 Å². The van der Waals surface area contributed by atoms with Gasteiger partial charge in [0.25, 0.3) is 0 Å². The molecule has 0 aliphatic heterocycles. The molecule has 0 unspecified atom stereocenters. The van der Waals surface area contributed by atoms with Crippen molar-refractivity contribution in [3.63, 3.8) is 0 Å². The second-order valence-electron chi connectivity index (χ2n) is 1.49. The van der Waals surface area contributed by atoms with Crippen LogP contribution in [0.4, 0.5) is 0 Å². The Morgan fingerprint density at radius 1 is 1.29 bits per heavy atom. The average Bonchev–Trinajstić information content (AvgIpc) is 1.72. The number of hydrogen-bond acceptors (Lipinski definition) is 1. The molecule has 0 saturated carbocycles. The van der Waals surface area contributed by atoms with E-state index in [1.54, 1.807) is 0 Å². The molecule has 0 aliphatic rings. The molecular weight excluding hydrogens is 84.9 g/mol. The molecule has 0 atom stereocenters. The molecule has 1 nitrogen and oxygen atoms in total. The summed E-state index contributed by atoms with van der Waals surface area (Å²) in [7, 11) is 5.32. The van der Waals surface area contributed by atoms with Gasteiger partial charge in [0.15, 0.2) is 0 Å². The molecule has 0 amide bonds. The molecule has 2 radical (unpaired) electrons. The third-order valence-electron chi connectivity index (χ3n) is 1.15. The highest BCUT2D eigenvalue weighted by Crippen LogP contribution is 1.79. The van der Waals surface area contributed by atoms with Crippen LogP contribution in [0.15, 0.2) is 0 Å². The van der Waals surface area contributed by atoms with E-state index >= 15 is 0 Å². The zero-order valence-electron chi connectivity index (χ0n) is 5.15. The quantitative estimate of drug-likeness (QED) is 0.462. The SMILES string of the molecule is [B]CN(CC)CC. The Morgan fingerprint density at radius 2 is 1.71 bits per heavy atom. The van der Waals surface area contributed by atoms with Gasteiger partial charge in [-0.1, -0.05) is 13.8 Å². The van der Waals surface area contributed by atoms with Crippen molar-refractivity contribution >= 4 is 7.85 Å². The van der Waals surface area contributed by atoms with Gasteiger partial charge in [0.05, 0.1) is 7.85 Å². The van der Waals surface area contributed by atoms with E-state index in [4.69, 9.17) is 7.85 Å². The number of hydrogen-bond donors (Lipinski definition) is 0. The number of nitrogens with zero attached hydrogens (tertiary/aromatic N) is 1. The van der Waals surface area contributed by atoms with E-state index in [0.29, 0.717) is 6.44 Å². The zero-order chi connectivity index (χ0) is 5.70. The summed E-state index contributed by atoms with van der Waals surface area (Å²) in [6.07, 6.45) is 0.688. The minimum atomic E-state index is 0.688. The highest BCUT2D eigenvalue weighted by molar-refractivity contribution is 6.08. The minimum Gasteiger partial charge on any atom is -0.313 e. The molecule has 0 aromatic heterocycles. The molecule has 40 valence electrons. The first-order valence-corrected chi connectivity index (χ1v) is 2.77. The Hall–Kier alpha value is 0.0249. The van der Waals surface area contributed by atoms with Crippen LogP contribution in [0.1, 0.15) is 13.8 Å². The van der Waals surface area contributed by atoms with E-state index in [0.717, 1.165) is 13.1 Å². The van der Waals surface area contributed by atoms with E-state index in [1.165, 1.54) is 0 Å². The Bertz CT molecular complexity index is 29.6. The highest BCUT2D eigenvalue weighted by Gasteiger charge is 1.88. The van der Waals surface area contributed by atoms with Crippen molar-refractivity contribution in [3.8, 4) is 0 Å². The van der Waals surface area contributed by atoms with E-state index in [-0.39, 0.29) is 0 Å². The van der Waals surface area contributed by atoms with Crippen LogP contribution in [0, 0.1) is 0 Å². The molecule has 0 heterocycles. The lowest BCUT2D eigenvalue weighted by Gasteiger charge is -2.13. The molecular formula is C5H12BN. The lowest BCUT2D eigenvalue weighted by molar-refractivity contribution is 0.354. The van der Waals surface area contributed by atoms with Gasteiger partial charge in [-0.15, -0.1) is 0 Å². The van der Waals surface area contributed by atoms with Crippen molar-refractivity contribution in [2.24, 2.45) is 0 Å². The standard InChI is InChI=1S/C5H12BN/c1-3-7(4-2)5-6/h3-5H2,1-2H3. The van der Waals surface area contributed by atoms with Crippen molar-refractivity contribution in [3.05, 3.63) is 0 Å². The lowest BCUT2D eigenvalue weighted by atomic mass is 10.1. The highest BCUT2D eigenvalue weighted by atomic mass is 15.1.